The minimum Gasteiger partial charge on any atom is -0.490 e. The van der Waals surface area contributed by atoms with Crippen molar-refractivity contribution in [2.24, 2.45) is 0 Å². The number of hydrogen-bond donors (Lipinski definition) is 2. The van der Waals surface area contributed by atoms with Gasteiger partial charge in [0.05, 0.1) is 25.8 Å². The number of carbonyl (C=O) groups is 1. The van der Waals surface area contributed by atoms with Crippen molar-refractivity contribution in [3.8, 4) is 5.75 Å². The van der Waals surface area contributed by atoms with E-state index in [0.29, 0.717) is 31.1 Å². The lowest BCUT2D eigenvalue weighted by Crippen LogP contribution is -2.36. The van der Waals surface area contributed by atoms with E-state index in [0.717, 1.165) is 11.1 Å². The molecule has 2 rings (SSSR count). The molecule has 2 aromatic rings. The number of rotatable bonds is 9. The summed E-state index contributed by atoms with van der Waals surface area (Å²) in [6, 6.07) is 7.48. The minimum absolute atomic E-state index is 0.0842. The molecule has 1 aromatic carbocycles. The second-order valence-electron chi connectivity index (χ2n) is 5.22. The third kappa shape index (κ3) is 4.71. The van der Waals surface area contributed by atoms with E-state index in [2.05, 4.69) is 10.6 Å². The molecule has 1 unspecified atom stereocenters. The number of para-hydroxylation sites is 1. The zero-order valence-electron chi connectivity index (χ0n) is 13.8. The highest BCUT2D eigenvalue weighted by Gasteiger charge is 2.16. The van der Waals surface area contributed by atoms with Crippen molar-refractivity contribution < 1.29 is 18.7 Å². The van der Waals surface area contributed by atoms with E-state index >= 15 is 0 Å². The molecule has 0 radical (unpaired) electrons. The van der Waals surface area contributed by atoms with Crippen molar-refractivity contribution in [2.45, 2.75) is 19.9 Å². The molecule has 0 fully saturated rings. The summed E-state index contributed by atoms with van der Waals surface area (Å²) in [6.45, 7) is 5.87. The van der Waals surface area contributed by atoms with E-state index in [1.807, 2.05) is 38.1 Å². The van der Waals surface area contributed by atoms with E-state index in [4.69, 9.17) is 13.9 Å². The number of amides is 1. The average Bonchev–Trinajstić information content (AvgIpc) is 2.97. The molecule has 0 aliphatic heterocycles. The van der Waals surface area contributed by atoms with Crippen molar-refractivity contribution >= 4 is 16.9 Å². The molecule has 1 amide bonds. The molecule has 6 nitrogen and oxygen atoms in total. The lowest BCUT2D eigenvalue weighted by Gasteiger charge is -2.11. The molecular formula is C17H24N2O4. The Hall–Kier alpha value is -2.05. The van der Waals surface area contributed by atoms with Gasteiger partial charge in [-0.1, -0.05) is 12.1 Å². The van der Waals surface area contributed by atoms with Gasteiger partial charge in [-0.05, 0) is 26.0 Å². The number of fused-ring (bicyclic) bond motifs is 1. The molecule has 2 N–H and O–H groups in total. The van der Waals surface area contributed by atoms with Crippen LogP contribution in [0.5, 0.6) is 5.75 Å². The molecule has 1 aromatic heterocycles. The summed E-state index contributed by atoms with van der Waals surface area (Å²) in [4.78, 5) is 11.9. The first-order valence-corrected chi connectivity index (χ1v) is 7.80. The molecule has 0 saturated carbocycles. The number of ether oxygens (including phenoxy) is 2. The fourth-order valence-corrected chi connectivity index (χ4v) is 2.28. The Morgan fingerprint density at radius 3 is 2.96 bits per heavy atom. The number of hydrogen-bond acceptors (Lipinski definition) is 5. The van der Waals surface area contributed by atoms with E-state index in [1.54, 1.807) is 7.11 Å². The van der Waals surface area contributed by atoms with E-state index in [9.17, 15) is 4.79 Å². The van der Waals surface area contributed by atoms with Crippen LogP contribution in [0, 0.1) is 0 Å². The molecule has 23 heavy (non-hydrogen) atoms. The van der Waals surface area contributed by atoms with Crippen LogP contribution in [-0.4, -0.2) is 39.3 Å². The molecule has 126 valence electrons. The van der Waals surface area contributed by atoms with Gasteiger partial charge in [-0.25, -0.2) is 0 Å². The van der Waals surface area contributed by atoms with Crippen molar-refractivity contribution in [1.29, 1.82) is 0 Å². The van der Waals surface area contributed by atoms with Gasteiger partial charge in [0.25, 0.3) is 0 Å². The molecule has 1 heterocycles. The number of carbonyl (C=O) groups excluding carboxylic acids is 1. The first-order chi connectivity index (χ1) is 11.2. The van der Waals surface area contributed by atoms with Gasteiger partial charge in [0.2, 0.25) is 5.91 Å². The molecule has 1 atom stereocenters. The molecular weight excluding hydrogens is 296 g/mol. The van der Waals surface area contributed by atoms with Gasteiger partial charge >= 0.3 is 0 Å². The topological polar surface area (TPSA) is 72.7 Å². The van der Waals surface area contributed by atoms with E-state index in [-0.39, 0.29) is 18.5 Å². The maximum atomic E-state index is 11.9. The predicted molar refractivity (Wildman–Crippen MR) is 88.7 cm³/mol. The van der Waals surface area contributed by atoms with Crippen LogP contribution in [0.25, 0.3) is 11.0 Å². The summed E-state index contributed by atoms with van der Waals surface area (Å²) in [5.41, 5.74) is 0.712. The Balaban J connectivity index is 1.99. The summed E-state index contributed by atoms with van der Waals surface area (Å²) in [5.74, 6) is 1.34. The number of furan rings is 1. The molecule has 0 saturated heterocycles. The van der Waals surface area contributed by atoms with Crippen molar-refractivity contribution in [2.75, 3.05) is 33.4 Å². The third-order valence-corrected chi connectivity index (χ3v) is 3.40. The van der Waals surface area contributed by atoms with Gasteiger partial charge in [0.1, 0.15) is 5.76 Å². The number of benzene rings is 1. The van der Waals surface area contributed by atoms with Crippen molar-refractivity contribution in [1.82, 2.24) is 10.6 Å². The van der Waals surface area contributed by atoms with Gasteiger partial charge in [-0.3, -0.25) is 4.79 Å². The van der Waals surface area contributed by atoms with Gasteiger partial charge < -0.3 is 24.5 Å². The molecule has 0 aliphatic carbocycles. The quantitative estimate of drug-likeness (QED) is 0.693. The van der Waals surface area contributed by atoms with Gasteiger partial charge in [0, 0.05) is 19.0 Å². The van der Waals surface area contributed by atoms with Crippen LogP contribution in [0.3, 0.4) is 0 Å². The van der Waals surface area contributed by atoms with Crippen LogP contribution in [0.4, 0.5) is 0 Å². The van der Waals surface area contributed by atoms with Crippen molar-refractivity contribution in [3.05, 3.63) is 30.0 Å². The highest BCUT2D eigenvalue weighted by molar-refractivity contribution is 5.84. The molecule has 0 aliphatic rings. The highest BCUT2D eigenvalue weighted by Crippen LogP contribution is 2.31. The van der Waals surface area contributed by atoms with E-state index in [1.165, 1.54) is 0 Å². The summed E-state index contributed by atoms with van der Waals surface area (Å²) < 4.78 is 16.4. The standard InChI is InChI=1S/C17H24N2O4/c1-4-22-14-7-5-6-13-10-15(23-17(13)14)12(2)19-16(20)11-18-8-9-21-3/h5-7,10,12,18H,4,8-9,11H2,1-3H3,(H,19,20). The molecule has 0 bridgehead atoms. The highest BCUT2D eigenvalue weighted by atomic mass is 16.5. The fourth-order valence-electron chi connectivity index (χ4n) is 2.28. The van der Waals surface area contributed by atoms with Crippen molar-refractivity contribution in [3.63, 3.8) is 0 Å². The Morgan fingerprint density at radius 1 is 1.39 bits per heavy atom. The van der Waals surface area contributed by atoms with Crippen LogP contribution < -0.4 is 15.4 Å². The Kier molecular flexibility index (Phi) is 6.43. The summed E-state index contributed by atoms with van der Waals surface area (Å²) >= 11 is 0. The second-order valence-corrected chi connectivity index (χ2v) is 5.22. The van der Waals surface area contributed by atoms with Crippen LogP contribution in [-0.2, 0) is 9.53 Å². The zero-order chi connectivity index (χ0) is 16.7. The monoisotopic (exact) mass is 320 g/mol. The second kappa shape index (κ2) is 8.55. The van der Waals surface area contributed by atoms with Gasteiger partial charge in [0.15, 0.2) is 11.3 Å². The predicted octanol–water partition coefficient (Wildman–Crippen LogP) is 2.24. The first-order valence-electron chi connectivity index (χ1n) is 7.80. The summed E-state index contributed by atoms with van der Waals surface area (Å²) in [5, 5.41) is 6.88. The minimum atomic E-state index is -0.214. The van der Waals surface area contributed by atoms with Gasteiger partial charge in [-0.15, -0.1) is 0 Å². The Morgan fingerprint density at radius 2 is 2.22 bits per heavy atom. The van der Waals surface area contributed by atoms with Gasteiger partial charge in [-0.2, -0.15) is 0 Å². The lowest BCUT2D eigenvalue weighted by atomic mass is 10.2. The maximum absolute atomic E-state index is 11.9. The fraction of sp³-hybridized carbons (Fsp3) is 0.471. The largest absolute Gasteiger partial charge is 0.490 e. The lowest BCUT2D eigenvalue weighted by molar-refractivity contribution is -0.121. The summed E-state index contributed by atoms with van der Waals surface area (Å²) in [6.07, 6.45) is 0. The number of nitrogens with one attached hydrogen (secondary N) is 2. The van der Waals surface area contributed by atoms with Crippen LogP contribution in [0.2, 0.25) is 0 Å². The smallest absolute Gasteiger partial charge is 0.234 e. The molecule has 6 heteroatoms. The Bertz CT molecular complexity index is 639. The van der Waals surface area contributed by atoms with E-state index < -0.39 is 0 Å². The number of methoxy groups -OCH3 is 1. The zero-order valence-corrected chi connectivity index (χ0v) is 13.8. The van der Waals surface area contributed by atoms with Crippen LogP contribution >= 0.6 is 0 Å². The normalized spacial score (nSPS) is 12.3. The first kappa shape index (κ1) is 17.3. The van der Waals surface area contributed by atoms with Crippen LogP contribution in [0.15, 0.2) is 28.7 Å². The SMILES string of the molecule is CCOc1cccc2cc(C(C)NC(=O)CNCCOC)oc12. The maximum Gasteiger partial charge on any atom is 0.234 e. The third-order valence-electron chi connectivity index (χ3n) is 3.40. The Labute approximate surface area is 136 Å². The molecule has 0 spiro atoms. The summed E-state index contributed by atoms with van der Waals surface area (Å²) in [7, 11) is 1.63. The van der Waals surface area contributed by atoms with Crippen LogP contribution in [0.1, 0.15) is 25.6 Å². The average molecular weight is 320 g/mol.